The molecule has 1 N–H and O–H groups in total. The van der Waals surface area contributed by atoms with Crippen molar-refractivity contribution in [2.45, 2.75) is 58.1 Å². The molecule has 0 spiro atoms. The van der Waals surface area contributed by atoms with Gasteiger partial charge in [0.1, 0.15) is 0 Å². The number of hydrogen-bond acceptors (Lipinski definition) is 3. The lowest BCUT2D eigenvalue weighted by Crippen LogP contribution is -2.38. The number of aliphatic carboxylic acids is 1. The minimum Gasteiger partial charge on any atom is -0.481 e. The number of hydrogen-bond donors (Lipinski definition) is 1. The summed E-state index contributed by atoms with van der Waals surface area (Å²) in [5.74, 6) is -0.402. The molecule has 1 rings (SSSR count). The highest BCUT2D eigenvalue weighted by molar-refractivity contribution is 5.78. The Morgan fingerprint density at radius 2 is 2.00 bits per heavy atom. The molecule has 0 aromatic carbocycles. The number of amides is 1. The lowest BCUT2D eigenvalue weighted by molar-refractivity contribution is -0.140. The van der Waals surface area contributed by atoms with Gasteiger partial charge in [0.05, 0.1) is 12.5 Å². The molecule has 1 amide bonds. The minimum absolute atomic E-state index is 0.00845. The van der Waals surface area contributed by atoms with Gasteiger partial charge in [-0.25, -0.2) is 0 Å². The molecule has 5 heteroatoms. The summed E-state index contributed by atoms with van der Waals surface area (Å²) >= 11 is 0. The van der Waals surface area contributed by atoms with Gasteiger partial charge in [-0.2, -0.15) is 0 Å². The van der Waals surface area contributed by atoms with Gasteiger partial charge in [-0.1, -0.05) is 26.7 Å². The summed E-state index contributed by atoms with van der Waals surface area (Å²) in [5.41, 5.74) is 0. The number of methoxy groups -OCH3 is 1. The second-order valence-corrected chi connectivity index (χ2v) is 5.28. The van der Waals surface area contributed by atoms with Gasteiger partial charge < -0.3 is 14.7 Å². The number of rotatable bonds is 7. The van der Waals surface area contributed by atoms with Crippen LogP contribution < -0.4 is 0 Å². The average molecular weight is 271 g/mol. The Balaban J connectivity index is 2.65. The van der Waals surface area contributed by atoms with Crippen molar-refractivity contribution in [1.29, 1.82) is 0 Å². The zero-order valence-corrected chi connectivity index (χ0v) is 12.1. The summed E-state index contributed by atoms with van der Waals surface area (Å²) in [7, 11) is 1.61. The summed E-state index contributed by atoms with van der Waals surface area (Å²) < 4.78 is 5.27. The van der Waals surface area contributed by atoms with Crippen LogP contribution in [0.4, 0.5) is 0 Å². The number of nitrogens with zero attached hydrogens (tertiary/aromatic N) is 1. The van der Waals surface area contributed by atoms with Crippen molar-refractivity contribution in [3.63, 3.8) is 0 Å². The van der Waals surface area contributed by atoms with Gasteiger partial charge in [0.15, 0.2) is 0 Å². The third-order valence-electron chi connectivity index (χ3n) is 4.06. The van der Waals surface area contributed by atoms with Gasteiger partial charge >= 0.3 is 5.97 Å². The highest BCUT2D eigenvalue weighted by Gasteiger charge is 2.36. The van der Waals surface area contributed by atoms with E-state index >= 15 is 0 Å². The summed E-state index contributed by atoms with van der Waals surface area (Å²) in [6.45, 7) is 4.68. The first kappa shape index (κ1) is 16.0. The van der Waals surface area contributed by atoms with Crippen LogP contribution in [0.5, 0.6) is 0 Å². The van der Waals surface area contributed by atoms with Crippen molar-refractivity contribution >= 4 is 11.9 Å². The summed E-state index contributed by atoms with van der Waals surface area (Å²) in [6, 6.07) is -0.218. The maximum Gasteiger partial charge on any atom is 0.305 e. The molecule has 0 saturated carbocycles. The van der Waals surface area contributed by atoms with Crippen LogP contribution in [0.15, 0.2) is 0 Å². The molecule has 19 heavy (non-hydrogen) atoms. The molecule has 2 unspecified atom stereocenters. The molecule has 0 aliphatic carbocycles. The van der Waals surface area contributed by atoms with Gasteiger partial charge in [0, 0.05) is 26.1 Å². The highest BCUT2D eigenvalue weighted by Crippen LogP contribution is 2.25. The summed E-state index contributed by atoms with van der Waals surface area (Å²) in [6.07, 6.45) is 3.07. The van der Waals surface area contributed by atoms with E-state index in [1.807, 2.05) is 0 Å². The van der Waals surface area contributed by atoms with E-state index in [1.165, 1.54) is 0 Å². The van der Waals surface area contributed by atoms with Crippen LogP contribution in [0.1, 0.15) is 46.0 Å². The van der Waals surface area contributed by atoms with Gasteiger partial charge in [0.2, 0.25) is 5.91 Å². The molecular weight excluding hydrogens is 246 g/mol. The Morgan fingerprint density at radius 3 is 2.47 bits per heavy atom. The lowest BCUT2D eigenvalue weighted by atomic mass is 9.98. The fourth-order valence-electron chi connectivity index (χ4n) is 2.69. The van der Waals surface area contributed by atoms with Crippen molar-refractivity contribution in [2.75, 3.05) is 13.7 Å². The van der Waals surface area contributed by atoms with E-state index in [1.54, 1.807) is 12.0 Å². The van der Waals surface area contributed by atoms with Crippen LogP contribution in [0.3, 0.4) is 0 Å². The predicted molar refractivity (Wildman–Crippen MR) is 71.9 cm³/mol. The normalized spacial score (nSPS) is 23.1. The summed E-state index contributed by atoms with van der Waals surface area (Å²) in [5, 5.41) is 8.93. The average Bonchev–Trinajstić information content (AvgIpc) is 2.78. The third kappa shape index (κ3) is 4.49. The second kappa shape index (κ2) is 7.48. The van der Waals surface area contributed by atoms with Gasteiger partial charge in [0.25, 0.3) is 0 Å². The molecule has 0 aromatic heterocycles. The van der Waals surface area contributed by atoms with Crippen molar-refractivity contribution < 1.29 is 19.4 Å². The molecule has 1 saturated heterocycles. The number of likely N-dealkylation sites (tertiary alicyclic amines) is 1. The first-order valence-corrected chi connectivity index (χ1v) is 7.05. The maximum atomic E-state index is 12.3. The largest absolute Gasteiger partial charge is 0.481 e. The van der Waals surface area contributed by atoms with Crippen molar-refractivity contribution in [3.8, 4) is 0 Å². The smallest absolute Gasteiger partial charge is 0.305 e. The Kier molecular flexibility index (Phi) is 6.28. The fourth-order valence-corrected chi connectivity index (χ4v) is 2.69. The molecule has 1 aliphatic heterocycles. The number of carboxylic acid groups (broad SMARTS) is 1. The Hall–Kier alpha value is -1.10. The first-order valence-electron chi connectivity index (χ1n) is 7.05. The Bertz CT molecular complexity index is 315. The molecule has 1 fully saturated rings. The van der Waals surface area contributed by atoms with Crippen molar-refractivity contribution in [2.24, 2.45) is 5.92 Å². The van der Waals surface area contributed by atoms with E-state index < -0.39 is 5.97 Å². The molecule has 0 radical (unpaired) electrons. The van der Waals surface area contributed by atoms with Crippen LogP contribution in [0, 0.1) is 5.92 Å². The number of carbonyl (C=O) groups is 2. The van der Waals surface area contributed by atoms with Crippen LogP contribution >= 0.6 is 0 Å². The van der Waals surface area contributed by atoms with Crippen LogP contribution in [-0.4, -0.2) is 47.7 Å². The van der Waals surface area contributed by atoms with E-state index in [0.29, 0.717) is 25.3 Å². The summed E-state index contributed by atoms with van der Waals surface area (Å²) in [4.78, 5) is 24.9. The van der Waals surface area contributed by atoms with Crippen molar-refractivity contribution in [1.82, 2.24) is 4.90 Å². The number of carbonyl (C=O) groups excluding carboxylic acids is 1. The monoisotopic (exact) mass is 271 g/mol. The Morgan fingerprint density at radius 1 is 1.37 bits per heavy atom. The quantitative estimate of drug-likeness (QED) is 0.768. The Labute approximate surface area is 114 Å². The fraction of sp³-hybridized carbons (Fsp3) is 0.857. The van der Waals surface area contributed by atoms with Gasteiger partial charge in [-0.3, -0.25) is 9.59 Å². The van der Waals surface area contributed by atoms with E-state index in [2.05, 4.69) is 13.8 Å². The van der Waals surface area contributed by atoms with E-state index in [4.69, 9.17) is 9.84 Å². The molecule has 5 nitrogen and oxygen atoms in total. The van der Waals surface area contributed by atoms with E-state index in [9.17, 15) is 9.59 Å². The third-order valence-corrected chi connectivity index (χ3v) is 4.06. The SMILES string of the molecule is CCC(CC)CC(=O)N1CC(OC)CC1CC(=O)O. The van der Waals surface area contributed by atoms with Crippen LogP contribution in [-0.2, 0) is 14.3 Å². The molecular formula is C14H25NO4. The zero-order chi connectivity index (χ0) is 14.4. The second-order valence-electron chi connectivity index (χ2n) is 5.28. The van der Waals surface area contributed by atoms with Crippen LogP contribution in [0.2, 0.25) is 0 Å². The minimum atomic E-state index is -0.859. The van der Waals surface area contributed by atoms with Gasteiger partial charge in [-0.05, 0) is 12.3 Å². The highest BCUT2D eigenvalue weighted by atomic mass is 16.5. The maximum absolute atomic E-state index is 12.3. The molecule has 0 aromatic rings. The standard InChI is InChI=1S/C14H25NO4/c1-4-10(5-2)6-13(16)15-9-12(19-3)7-11(15)8-14(17)18/h10-12H,4-9H2,1-3H3,(H,17,18). The number of ether oxygens (including phenoxy) is 1. The molecule has 110 valence electrons. The van der Waals surface area contributed by atoms with E-state index in [-0.39, 0.29) is 24.5 Å². The molecule has 2 atom stereocenters. The van der Waals surface area contributed by atoms with E-state index in [0.717, 1.165) is 12.8 Å². The zero-order valence-electron chi connectivity index (χ0n) is 12.1. The van der Waals surface area contributed by atoms with Crippen LogP contribution in [0.25, 0.3) is 0 Å². The molecule has 0 bridgehead atoms. The first-order chi connectivity index (χ1) is 9.01. The predicted octanol–water partition coefficient (Wildman–Crippen LogP) is 1.90. The topological polar surface area (TPSA) is 66.8 Å². The molecule has 1 heterocycles. The van der Waals surface area contributed by atoms with Gasteiger partial charge in [-0.15, -0.1) is 0 Å². The van der Waals surface area contributed by atoms with Crippen molar-refractivity contribution in [3.05, 3.63) is 0 Å². The molecule has 1 aliphatic rings. The number of carboxylic acids is 1. The lowest BCUT2D eigenvalue weighted by Gasteiger charge is -2.25.